The van der Waals surface area contributed by atoms with Crippen LogP contribution in [-0.4, -0.2) is 36.1 Å². The van der Waals surface area contributed by atoms with Crippen molar-refractivity contribution in [3.05, 3.63) is 58.7 Å². The molecule has 0 aliphatic carbocycles. The lowest BCUT2D eigenvalue weighted by Crippen LogP contribution is -2.49. The van der Waals surface area contributed by atoms with Crippen molar-refractivity contribution < 1.29 is 41.0 Å². The fourth-order valence-corrected chi connectivity index (χ4v) is 5.01. The van der Waals surface area contributed by atoms with Crippen molar-refractivity contribution in [3.63, 3.8) is 0 Å². The van der Waals surface area contributed by atoms with Crippen LogP contribution in [0.25, 0.3) is 0 Å². The lowest BCUT2D eigenvalue weighted by Gasteiger charge is -2.41. The number of methoxy groups -OCH3 is 1. The van der Waals surface area contributed by atoms with Gasteiger partial charge in [-0.15, -0.1) is 0 Å². The summed E-state index contributed by atoms with van der Waals surface area (Å²) < 4.78 is 84.4. The molecule has 0 atom stereocenters. The first-order valence-corrected chi connectivity index (χ1v) is 12.3. The molecule has 0 bridgehead atoms. The highest BCUT2D eigenvalue weighted by Gasteiger charge is 2.42. The number of carbonyl (C=O) groups is 1. The number of ether oxygens (including phenoxy) is 1. The van der Waals surface area contributed by atoms with Gasteiger partial charge in [-0.3, -0.25) is 9.69 Å². The Morgan fingerprint density at radius 3 is 2.08 bits per heavy atom. The molecule has 38 heavy (non-hydrogen) atoms. The predicted molar refractivity (Wildman–Crippen MR) is 129 cm³/mol. The van der Waals surface area contributed by atoms with Gasteiger partial charge in [0.25, 0.3) is 0 Å². The number of nitrogens with one attached hydrogen (secondary N) is 1. The molecule has 1 saturated heterocycles. The highest BCUT2D eigenvalue weighted by Crippen LogP contribution is 2.40. The topological polar surface area (TPSA) is 61.8 Å². The van der Waals surface area contributed by atoms with Crippen LogP contribution in [0.2, 0.25) is 0 Å². The second-order valence-corrected chi connectivity index (χ2v) is 10.3. The zero-order chi connectivity index (χ0) is 28.3. The van der Waals surface area contributed by atoms with Crippen LogP contribution in [0.15, 0.2) is 36.4 Å². The number of piperidine rings is 1. The fourth-order valence-electron chi connectivity index (χ4n) is 5.01. The minimum atomic E-state index is -4.95. The number of hydrogen-bond donors (Lipinski definition) is 2. The number of phenolic OH excluding ortho intramolecular Hbond substituents is 1. The van der Waals surface area contributed by atoms with Crippen molar-refractivity contribution in [1.82, 2.24) is 10.2 Å². The Hall–Kier alpha value is -2.95. The average molecular weight is 547 g/mol. The summed E-state index contributed by atoms with van der Waals surface area (Å²) in [4.78, 5) is 15.5. The Morgan fingerprint density at radius 1 is 1.00 bits per heavy atom. The Morgan fingerprint density at radius 2 is 1.58 bits per heavy atom. The molecule has 1 amide bonds. The molecule has 1 aliphatic rings. The second kappa shape index (κ2) is 11.4. The fraction of sp³-hybridized carbons (Fsp3) is 0.519. The maximum Gasteiger partial charge on any atom is 0.416 e. The number of likely N-dealkylation sites (tertiary alicyclic amines) is 1. The number of alkyl halides is 6. The molecule has 1 aliphatic heterocycles. The third kappa shape index (κ3) is 7.33. The van der Waals surface area contributed by atoms with E-state index >= 15 is 0 Å². The van der Waals surface area contributed by atoms with Crippen molar-refractivity contribution in [3.8, 4) is 11.5 Å². The molecule has 0 radical (unpaired) electrons. The lowest BCUT2D eigenvalue weighted by molar-refractivity contribution is -0.143. The molecule has 0 aromatic heterocycles. The van der Waals surface area contributed by atoms with Crippen LogP contribution in [0.1, 0.15) is 55.4 Å². The molecular weight excluding hydrogens is 514 g/mol. The Bertz CT molecular complexity index is 1090. The van der Waals surface area contributed by atoms with E-state index in [1.165, 1.54) is 7.11 Å². The van der Waals surface area contributed by atoms with Crippen LogP contribution in [0, 0.1) is 11.3 Å². The molecule has 0 spiro atoms. The zero-order valence-corrected chi connectivity index (χ0v) is 21.5. The monoisotopic (exact) mass is 546 g/mol. The van der Waals surface area contributed by atoms with Crippen molar-refractivity contribution in [2.24, 2.45) is 11.3 Å². The number of benzene rings is 2. The van der Waals surface area contributed by atoms with Gasteiger partial charge in [-0.2, -0.15) is 26.3 Å². The van der Waals surface area contributed by atoms with Crippen LogP contribution < -0.4 is 10.1 Å². The maximum absolute atomic E-state index is 13.4. The van der Waals surface area contributed by atoms with Gasteiger partial charge < -0.3 is 15.2 Å². The number of amides is 1. The van der Waals surface area contributed by atoms with Gasteiger partial charge in [0, 0.05) is 13.1 Å². The van der Waals surface area contributed by atoms with E-state index in [0.29, 0.717) is 56.8 Å². The Labute approximate surface area is 217 Å². The van der Waals surface area contributed by atoms with E-state index in [0.717, 1.165) is 5.56 Å². The third-order valence-corrected chi connectivity index (χ3v) is 6.84. The Balaban J connectivity index is 1.72. The molecule has 2 aromatic carbocycles. The molecule has 0 unspecified atom stereocenters. The molecule has 2 aromatic rings. The summed E-state index contributed by atoms with van der Waals surface area (Å²) in [5.74, 6) is 0.170. The maximum atomic E-state index is 13.4. The van der Waals surface area contributed by atoms with E-state index in [1.54, 1.807) is 18.2 Å². The SMILES string of the molecule is COc1cc(CN2CCC(CC(C)C)(C(=O)NCc3cc(C(F)(F)F)cc(C(F)(F)F)c3)CC2)ccc1O. The minimum Gasteiger partial charge on any atom is -0.504 e. The van der Waals surface area contributed by atoms with Gasteiger partial charge in [0.05, 0.1) is 23.7 Å². The van der Waals surface area contributed by atoms with Crippen molar-refractivity contribution >= 4 is 5.91 Å². The number of rotatable bonds is 8. The van der Waals surface area contributed by atoms with Crippen molar-refractivity contribution in [1.29, 1.82) is 0 Å². The summed E-state index contributed by atoms with van der Waals surface area (Å²) in [6.45, 7) is 5.21. The van der Waals surface area contributed by atoms with Gasteiger partial charge in [-0.1, -0.05) is 19.9 Å². The average Bonchev–Trinajstić information content (AvgIpc) is 2.83. The quantitative estimate of drug-likeness (QED) is 0.377. The lowest BCUT2D eigenvalue weighted by atomic mass is 9.71. The standard InChI is InChI=1S/C27H32F6N2O3/c1-17(2)14-25(6-8-35(9-7-25)16-18-4-5-22(36)23(12-18)38-3)24(37)34-15-19-10-20(26(28,29)30)13-21(11-19)27(31,32)33/h4-5,10-13,17,36H,6-9,14-16H2,1-3H3,(H,34,37). The normalized spacial score (nSPS) is 16.5. The zero-order valence-electron chi connectivity index (χ0n) is 21.5. The first-order valence-electron chi connectivity index (χ1n) is 12.3. The first-order chi connectivity index (χ1) is 17.6. The van der Waals surface area contributed by atoms with Crippen molar-refractivity contribution in [2.75, 3.05) is 20.2 Å². The molecule has 1 fully saturated rings. The minimum absolute atomic E-state index is 0.0330. The number of aromatic hydroxyl groups is 1. The molecule has 11 heteroatoms. The molecule has 210 valence electrons. The van der Waals surface area contributed by atoms with Gasteiger partial charge in [0.1, 0.15) is 0 Å². The number of halogens is 6. The van der Waals surface area contributed by atoms with Gasteiger partial charge in [-0.25, -0.2) is 0 Å². The molecule has 3 rings (SSSR count). The van der Waals surface area contributed by atoms with Gasteiger partial charge in [-0.05, 0) is 79.7 Å². The van der Waals surface area contributed by atoms with E-state index in [1.807, 2.05) is 13.8 Å². The number of phenols is 1. The number of nitrogens with zero attached hydrogens (tertiary/aromatic N) is 1. The van der Waals surface area contributed by atoms with E-state index < -0.39 is 35.4 Å². The molecule has 0 saturated carbocycles. The number of carbonyl (C=O) groups excluding carboxylic acids is 1. The largest absolute Gasteiger partial charge is 0.504 e. The first kappa shape index (κ1) is 29.6. The van der Waals surface area contributed by atoms with Crippen LogP contribution in [0.3, 0.4) is 0 Å². The molecule has 1 heterocycles. The predicted octanol–water partition coefficient (Wildman–Crippen LogP) is 6.38. The highest BCUT2D eigenvalue weighted by atomic mass is 19.4. The smallest absolute Gasteiger partial charge is 0.416 e. The van der Waals surface area contributed by atoms with Crippen LogP contribution in [-0.2, 0) is 30.2 Å². The van der Waals surface area contributed by atoms with E-state index in [9.17, 15) is 36.2 Å². The summed E-state index contributed by atoms with van der Waals surface area (Å²) in [5, 5.41) is 12.4. The molecule has 2 N–H and O–H groups in total. The summed E-state index contributed by atoms with van der Waals surface area (Å²) in [7, 11) is 1.46. The summed E-state index contributed by atoms with van der Waals surface area (Å²) in [6, 6.07) is 6.42. The number of hydrogen-bond acceptors (Lipinski definition) is 4. The second-order valence-electron chi connectivity index (χ2n) is 10.3. The molecule has 5 nitrogen and oxygen atoms in total. The summed E-state index contributed by atoms with van der Waals surface area (Å²) in [5.41, 5.74) is -2.95. The highest BCUT2D eigenvalue weighted by molar-refractivity contribution is 5.82. The van der Waals surface area contributed by atoms with Crippen LogP contribution in [0.5, 0.6) is 11.5 Å². The van der Waals surface area contributed by atoms with E-state index in [-0.39, 0.29) is 29.2 Å². The van der Waals surface area contributed by atoms with Crippen molar-refractivity contribution in [2.45, 2.75) is 58.6 Å². The third-order valence-electron chi connectivity index (χ3n) is 6.84. The van der Waals surface area contributed by atoms with E-state index in [4.69, 9.17) is 4.74 Å². The van der Waals surface area contributed by atoms with Gasteiger partial charge >= 0.3 is 12.4 Å². The summed E-state index contributed by atoms with van der Waals surface area (Å²) in [6.07, 6.45) is -8.39. The Kier molecular flexibility index (Phi) is 8.90. The van der Waals surface area contributed by atoms with Gasteiger partial charge in [0.15, 0.2) is 11.5 Å². The molecular formula is C27H32F6N2O3. The summed E-state index contributed by atoms with van der Waals surface area (Å²) >= 11 is 0. The van der Waals surface area contributed by atoms with Gasteiger partial charge in [0.2, 0.25) is 5.91 Å². The van der Waals surface area contributed by atoms with Crippen LogP contribution >= 0.6 is 0 Å². The van der Waals surface area contributed by atoms with E-state index in [2.05, 4.69) is 10.2 Å². The van der Waals surface area contributed by atoms with Crippen LogP contribution in [0.4, 0.5) is 26.3 Å².